The first-order valence-corrected chi connectivity index (χ1v) is 4.34. The average Bonchev–Trinajstić information content (AvgIpc) is 2.44. The van der Waals surface area contributed by atoms with Gasteiger partial charge in [0.15, 0.2) is 0 Å². The zero-order chi connectivity index (χ0) is 8.54. The van der Waals surface area contributed by atoms with Crippen LogP contribution in [0.5, 0.6) is 0 Å². The molecule has 1 aliphatic rings. The standard InChI is InChI=1S/C9H19NO/c1-8(2,11)6-10-7-9(3)4-5-9/h10-11H,4-7H2,1-3H3. The summed E-state index contributed by atoms with van der Waals surface area (Å²) in [5, 5.41) is 12.7. The Hall–Kier alpha value is -0.0800. The maximum atomic E-state index is 9.37. The number of rotatable bonds is 4. The van der Waals surface area contributed by atoms with Gasteiger partial charge in [0.05, 0.1) is 5.60 Å². The molecule has 0 spiro atoms. The first-order valence-electron chi connectivity index (χ1n) is 4.34. The van der Waals surface area contributed by atoms with Crippen LogP contribution in [0.4, 0.5) is 0 Å². The van der Waals surface area contributed by atoms with Gasteiger partial charge in [0.1, 0.15) is 0 Å². The predicted octanol–water partition coefficient (Wildman–Crippen LogP) is 1.15. The van der Waals surface area contributed by atoms with Crippen molar-refractivity contribution in [3.8, 4) is 0 Å². The molecular weight excluding hydrogens is 138 g/mol. The molecule has 0 aromatic heterocycles. The van der Waals surface area contributed by atoms with Crippen molar-refractivity contribution in [3.63, 3.8) is 0 Å². The Morgan fingerprint density at radius 1 is 1.45 bits per heavy atom. The highest BCUT2D eigenvalue weighted by atomic mass is 16.3. The van der Waals surface area contributed by atoms with Gasteiger partial charge in [0.25, 0.3) is 0 Å². The number of hydrogen-bond acceptors (Lipinski definition) is 2. The van der Waals surface area contributed by atoms with Crippen LogP contribution < -0.4 is 5.32 Å². The molecular formula is C9H19NO. The summed E-state index contributed by atoms with van der Waals surface area (Å²) in [6.07, 6.45) is 2.68. The van der Waals surface area contributed by atoms with Gasteiger partial charge >= 0.3 is 0 Å². The van der Waals surface area contributed by atoms with Crippen LogP contribution in [0.2, 0.25) is 0 Å². The molecule has 0 aromatic rings. The van der Waals surface area contributed by atoms with Crippen LogP contribution in [0, 0.1) is 5.41 Å². The van der Waals surface area contributed by atoms with Crippen molar-refractivity contribution in [1.29, 1.82) is 0 Å². The minimum Gasteiger partial charge on any atom is -0.389 e. The zero-order valence-electron chi connectivity index (χ0n) is 7.78. The summed E-state index contributed by atoms with van der Waals surface area (Å²) in [4.78, 5) is 0. The van der Waals surface area contributed by atoms with Crippen LogP contribution in [-0.2, 0) is 0 Å². The van der Waals surface area contributed by atoms with Gasteiger partial charge in [0.2, 0.25) is 0 Å². The quantitative estimate of drug-likeness (QED) is 0.641. The molecule has 2 N–H and O–H groups in total. The molecule has 0 atom stereocenters. The molecule has 0 unspecified atom stereocenters. The van der Waals surface area contributed by atoms with Crippen molar-refractivity contribution in [2.45, 2.75) is 39.2 Å². The molecule has 0 heterocycles. The van der Waals surface area contributed by atoms with Crippen molar-refractivity contribution < 1.29 is 5.11 Å². The molecule has 2 nitrogen and oxygen atoms in total. The Morgan fingerprint density at radius 3 is 2.36 bits per heavy atom. The van der Waals surface area contributed by atoms with Gasteiger partial charge in [-0.25, -0.2) is 0 Å². The Kier molecular flexibility index (Phi) is 2.26. The van der Waals surface area contributed by atoms with Crippen molar-refractivity contribution >= 4 is 0 Å². The van der Waals surface area contributed by atoms with Crippen LogP contribution in [0.3, 0.4) is 0 Å². The molecule has 0 aliphatic heterocycles. The van der Waals surface area contributed by atoms with Crippen molar-refractivity contribution in [1.82, 2.24) is 5.32 Å². The minimum absolute atomic E-state index is 0.547. The highest BCUT2D eigenvalue weighted by Crippen LogP contribution is 2.43. The highest BCUT2D eigenvalue weighted by Gasteiger charge is 2.36. The van der Waals surface area contributed by atoms with E-state index >= 15 is 0 Å². The maximum absolute atomic E-state index is 9.37. The lowest BCUT2D eigenvalue weighted by Gasteiger charge is -2.19. The van der Waals surface area contributed by atoms with Gasteiger partial charge < -0.3 is 10.4 Å². The zero-order valence-corrected chi connectivity index (χ0v) is 7.78. The summed E-state index contributed by atoms with van der Waals surface area (Å²) in [7, 11) is 0. The lowest BCUT2D eigenvalue weighted by atomic mass is 10.1. The van der Waals surface area contributed by atoms with E-state index in [2.05, 4.69) is 12.2 Å². The van der Waals surface area contributed by atoms with Gasteiger partial charge in [0, 0.05) is 13.1 Å². The van der Waals surface area contributed by atoms with Gasteiger partial charge in [-0.2, -0.15) is 0 Å². The molecule has 1 aliphatic carbocycles. The van der Waals surface area contributed by atoms with E-state index in [1.807, 2.05) is 13.8 Å². The van der Waals surface area contributed by atoms with Crippen LogP contribution in [0.1, 0.15) is 33.6 Å². The number of aliphatic hydroxyl groups is 1. The fraction of sp³-hybridized carbons (Fsp3) is 1.00. The smallest absolute Gasteiger partial charge is 0.0715 e. The largest absolute Gasteiger partial charge is 0.389 e. The molecule has 1 fully saturated rings. The van der Waals surface area contributed by atoms with Gasteiger partial charge in [-0.1, -0.05) is 6.92 Å². The SMILES string of the molecule is CC(C)(O)CNCC1(C)CC1. The van der Waals surface area contributed by atoms with Crippen LogP contribution in [0.15, 0.2) is 0 Å². The van der Waals surface area contributed by atoms with E-state index in [-0.39, 0.29) is 0 Å². The molecule has 0 radical (unpaired) electrons. The van der Waals surface area contributed by atoms with Gasteiger partial charge in [-0.15, -0.1) is 0 Å². The predicted molar refractivity (Wildman–Crippen MR) is 46.5 cm³/mol. The third kappa shape index (κ3) is 3.73. The molecule has 0 aromatic carbocycles. The van der Waals surface area contributed by atoms with E-state index in [0.717, 1.165) is 6.54 Å². The summed E-state index contributed by atoms with van der Waals surface area (Å²) >= 11 is 0. The van der Waals surface area contributed by atoms with Gasteiger partial charge in [-0.05, 0) is 32.1 Å². The lowest BCUT2D eigenvalue weighted by molar-refractivity contribution is 0.0786. The van der Waals surface area contributed by atoms with E-state index in [4.69, 9.17) is 0 Å². The second kappa shape index (κ2) is 2.76. The maximum Gasteiger partial charge on any atom is 0.0715 e. The number of nitrogens with one attached hydrogen (secondary N) is 1. The van der Waals surface area contributed by atoms with Crippen LogP contribution >= 0.6 is 0 Å². The molecule has 2 heteroatoms. The molecule has 1 rings (SSSR count). The fourth-order valence-corrected chi connectivity index (χ4v) is 1.06. The summed E-state index contributed by atoms with van der Waals surface area (Å²) in [6.45, 7) is 7.69. The normalized spacial score (nSPS) is 21.8. The number of hydrogen-bond donors (Lipinski definition) is 2. The van der Waals surface area contributed by atoms with E-state index in [1.165, 1.54) is 12.8 Å². The minimum atomic E-state index is -0.564. The Labute approximate surface area is 69.0 Å². The third-order valence-electron chi connectivity index (χ3n) is 2.21. The van der Waals surface area contributed by atoms with E-state index in [9.17, 15) is 5.11 Å². The second-order valence-corrected chi connectivity index (χ2v) is 4.73. The van der Waals surface area contributed by atoms with Crippen LogP contribution in [0.25, 0.3) is 0 Å². The monoisotopic (exact) mass is 157 g/mol. The second-order valence-electron chi connectivity index (χ2n) is 4.73. The molecule has 66 valence electrons. The topological polar surface area (TPSA) is 32.3 Å². The molecule has 0 amide bonds. The summed E-state index contributed by atoms with van der Waals surface area (Å²) in [6, 6.07) is 0. The molecule has 0 saturated heterocycles. The van der Waals surface area contributed by atoms with Crippen molar-refractivity contribution in [2.24, 2.45) is 5.41 Å². The van der Waals surface area contributed by atoms with Crippen molar-refractivity contribution in [2.75, 3.05) is 13.1 Å². The van der Waals surface area contributed by atoms with Crippen LogP contribution in [-0.4, -0.2) is 23.8 Å². The summed E-state index contributed by atoms with van der Waals surface area (Å²) in [5.74, 6) is 0. The van der Waals surface area contributed by atoms with Crippen molar-refractivity contribution in [3.05, 3.63) is 0 Å². The van der Waals surface area contributed by atoms with Gasteiger partial charge in [-0.3, -0.25) is 0 Å². The highest BCUT2D eigenvalue weighted by molar-refractivity contribution is 4.90. The fourth-order valence-electron chi connectivity index (χ4n) is 1.06. The third-order valence-corrected chi connectivity index (χ3v) is 2.21. The Bertz CT molecular complexity index is 128. The molecule has 11 heavy (non-hydrogen) atoms. The lowest BCUT2D eigenvalue weighted by Crippen LogP contribution is -2.37. The Balaban J connectivity index is 2.05. The van der Waals surface area contributed by atoms with E-state index in [1.54, 1.807) is 0 Å². The first kappa shape index (κ1) is 9.01. The summed E-state index contributed by atoms with van der Waals surface area (Å²) < 4.78 is 0. The van der Waals surface area contributed by atoms with E-state index in [0.29, 0.717) is 12.0 Å². The summed E-state index contributed by atoms with van der Waals surface area (Å²) in [5.41, 5.74) is -0.0174. The first-order chi connectivity index (χ1) is 4.91. The average molecular weight is 157 g/mol. The molecule has 0 bridgehead atoms. The molecule has 1 saturated carbocycles. The Morgan fingerprint density at radius 2 is 2.00 bits per heavy atom. The van der Waals surface area contributed by atoms with E-state index < -0.39 is 5.60 Å².